The van der Waals surface area contributed by atoms with Gasteiger partial charge in [0.2, 0.25) is 0 Å². The van der Waals surface area contributed by atoms with E-state index in [2.05, 4.69) is 32.2 Å². The van der Waals surface area contributed by atoms with Gasteiger partial charge in [-0.3, -0.25) is 9.69 Å². The van der Waals surface area contributed by atoms with Gasteiger partial charge in [0.1, 0.15) is 17.3 Å². The van der Waals surface area contributed by atoms with Crippen molar-refractivity contribution in [3.8, 4) is 0 Å². The van der Waals surface area contributed by atoms with E-state index in [1.807, 2.05) is 18.2 Å². The van der Waals surface area contributed by atoms with Crippen LogP contribution < -0.4 is 10.2 Å². The molecule has 3 aliphatic heterocycles. The monoisotopic (exact) mass is 393 g/mol. The van der Waals surface area contributed by atoms with Gasteiger partial charge < -0.3 is 15.0 Å². The zero-order valence-corrected chi connectivity index (χ0v) is 16.6. The molecule has 2 saturated heterocycles. The first kappa shape index (κ1) is 18.5. The number of anilines is 1. The fourth-order valence-electron chi connectivity index (χ4n) is 4.40. The fourth-order valence-corrected chi connectivity index (χ4v) is 4.40. The number of aromatic nitrogens is 2. The lowest BCUT2D eigenvalue weighted by atomic mass is 10.0. The van der Waals surface area contributed by atoms with Crippen LogP contribution in [0.3, 0.4) is 0 Å². The lowest BCUT2D eigenvalue weighted by molar-refractivity contribution is 0.0104. The third-order valence-electron chi connectivity index (χ3n) is 6.11. The third kappa shape index (κ3) is 3.84. The number of carbonyl (C=O) groups is 1. The molecule has 7 heteroatoms. The van der Waals surface area contributed by atoms with Crippen molar-refractivity contribution in [1.82, 2.24) is 20.2 Å². The molecule has 0 saturated carbocycles. The highest BCUT2D eigenvalue weighted by molar-refractivity contribution is 5.96. The summed E-state index contributed by atoms with van der Waals surface area (Å²) in [6.45, 7) is 6.24. The molecular weight excluding hydrogens is 366 g/mol. The molecule has 1 aromatic heterocycles. The van der Waals surface area contributed by atoms with Crippen LogP contribution in [0, 0.1) is 0 Å². The average molecular weight is 393 g/mol. The lowest BCUT2D eigenvalue weighted by Gasteiger charge is -2.47. The molecule has 152 valence electrons. The maximum absolute atomic E-state index is 12.5. The van der Waals surface area contributed by atoms with Crippen molar-refractivity contribution >= 4 is 11.7 Å². The molecule has 1 aromatic carbocycles. The predicted molar refractivity (Wildman–Crippen MR) is 110 cm³/mol. The summed E-state index contributed by atoms with van der Waals surface area (Å²) < 4.78 is 5.47. The van der Waals surface area contributed by atoms with E-state index in [1.165, 1.54) is 5.56 Å². The molecule has 4 heterocycles. The molecule has 3 aliphatic rings. The number of rotatable bonds is 5. The summed E-state index contributed by atoms with van der Waals surface area (Å²) in [5, 5.41) is 2.93. The number of carbonyl (C=O) groups excluding carboxylic acids is 1. The Kier molecular flexibility index (Phi) is 5.16. The summed E-state index contributed by atoms with van der Waals surface area (Å²) in [5.74, 6) is 1.66. The van der Waals surface area contributed by atoms with Crippen LogP contribution in [0.2, 0.25) is 0 Å². The van der Waals surface area contributed by atoms with Crippen LogP contribution in [-0.4, -0.2) is 72.8 Å². The zero-order chi connectivity index (χ0) is 19.6. The van der Waals surface area contributed by atoms with Crippen LogP contribution in [0.5, 0.6) is 0 Å². The second kappa shape index (κ2) is 8.08. The maximum atomic E-state index is 12.5. The number of hydrogen-bond acceptors (Lipinski definition) is 6. The van der Waals surface area contributed by atoms with E-state index in [9.17, 15) is 4.79 Å². The summed E-state index contributed by atoms with van der Waals surface area (Å²) in [4.78, 5) is 26.9. The van der Waals surface area contributed by atoms with Gasteiger partial charge in [0.15, 0.2) is 0 Å². The SMILES string of the molecule is O=C1NCCc2c1nc(CCc1ccccc1)nc2N1CC(N2CCOCC2)C1. The van der Waals surface area contributed by atoms with Gasteiger partial charge in [-0.2, -0.15) is 0 Å². The van der Waals surface area contributed by atoms with E-state index in [1.54, 1.807) is 0 Å². The van der Waals surface area contributed by atoms with Crippen molar-refractivity contribution < 1.29 is 9.53 Å². The first-order chi connectivity index (χ1) is 14.3. The Morgan fingerprint density at radius 3 is 2.66 bits per heavy atom. The van der Waals surface area contributed by atoms with E-state index >= 15 is 0 Å². The molecule has 0 aliphatic carbocycles. The van der Waals surface area contributed by atoms with Crippen LogP contribution in [0.15, 0.2) is 30.3 Å². The predicted octanol–water partition coefficient (Wildman–Crippen LogP) is 1.07. The summed E-state index contributed by atoms with van der Waals surface area (Å²) in [5.41, 5.74) is 2.84. The van der Waals surface area contributed by atoms with Crippen molar-refractivity contribution in [2.75, 3.05) is 50.8 Å². The van der Waals surface area contributed by atoms with Crippen molar-refractivity contribution in [2.24, 2.45) is 0 Å². The van der Waals surface area contributed by atoms with E-state index in [0.717, 1.165) is 75.9 Å². The van der Waals surface area contributed by atoms with Gasteiger partial charge in [0.05, 0.1) is 13.2 Å². The van der Waals surface area contributed by atoms with Crippen molar-refractivity contribution in [3.63, 3.8) is 0 Å². The molecule has 0 spiro atoms. The van der Waals surface area contributed by atoms with Gasteiger partial charge in [0.25, 0.3) is 5.91 Å². The number of morpholine rings is 1. The fraction of sp³-hybridized carbons (Fsp3) is 0.500. The molecule has 5 rings (SSSR count). The van der Waals surface area contributed by atoms with Crippen LogP contribution in [0.1, 0.15) is 27.4 Å². The number of nitrogens with zero attached hydrogens (tertiary/aromatic N) is 4. The van der Waals surface area contributed by atoms with Crippen LogP contribution in [-0.2, 0) is 24.0 Å². The third-order valence-corrected chi connectivity index (χ3v) is 6.11. The highest BCUT2D eigenvalue weighted by Gasteiger charge is 2.36. The molecule has 29 heavy (non-hydrogen) atoms. The van der Waals surface area contributed by atoms with E-state index in [-0.39, 0.29) is 5.91 Å². The Hall–Kier alpha value is -2.51. The highest BCUT2D eigenvalue weighted by atomic mass is 16.5. The molecule has 2 fully saturated rings. The molecule has 1 amide bonds. The number of aryl methyl sites for hydroxylation is 2. The van der Waals surface area contributed by atoms with Crippen molar-refractivity contribution in [2.45, 2.75) is 25.3 Å². The van der Waals surface area contributed by atoms with Gasteiger partial charge in [-0.25, -0.2) is 9.97 Å². The van der Waals surface area contributed by atoms with Crippen molar-refractivity contribution in [3.05, 3.63) is 53.0 Å². The highest BCUT2D eigenvalue weighted by Crippen LogP contribution is 2.29. The van der Waals surface area contributed by atoms with Gasteiger partial charge >= 0.3 is 0 Å². The quantitative estimate of drug-likeness (QED) is 0.820. The number of benzene rings is 1. The summed E-state index contributed by atoms with van der Waals surface area (Å²) in [6.07, 6.45) is 2.41. The van der Waals surface area contributed by atoms with Gasteiger partial charge in [-0.1, -0.05) is 30.3 Å². The maximum Gasteiger partial charge on any atom is 0.270 e. The van der Waals surface area contributed by atoms with Crippen LogP contribution in [0.4, 0.5) is 5.82 Å². The minimum absolute atomic E-state index is 0.0684. The standard InChI is InChI=1S/C22H27N5O2/c28-22-20-18(8-9-23-22)21(27-14-17(15-27)26-10-12-29-13-11-26)25-19(24-20)7-6-16-4-2-1-3-5-16/h1-5,17H,6-15H2,(H,23,28). The number of fused-ring (bicyclic) bond motifs is 1. The normalized spacial score (nSPS) is 20.1. The molecule has 7 nitrogen and oxygen atoms in total. The lowest BCUT2D eigenvalue weighted by Crippen LogP contribution is -2.62. The largest absolute Gasteiger partial charge is 0.379 e. The van der Waals surface area contributed by atoms with Gasteiger partial charge in [-0.05, 0) is 18.4 Å². The van der Waals surface area contributed by atoms with Crippen LogP contribution in [0.25, 0.3) is 0 Å². The Morgan fingerprint density at radius 2 is 1.86 bits per heavy atom. The Bertz CT molecular complexity index is 876. The number of hydrogen-bond donors (Lipinski definition) is 1. The van der Waals surface area contributed by atoms with E-state index in [0.29, 0.717) is 18.3 Å². The average Bonchev–Trinajstić information content (AvgIpc) is 2.73. The zero-order valence-electron chi connectivity index (χ0n) is 16.6. The molecule has 0 radical (unpaired) electrons. The first-order valence-corrected chi connectivity index (χ1v) is 10.6. The summed E-state index contributed by atoms with van der Waals surface area (Å²) >= 11 is 0. The van der Waals surface area contributed by atoms with Gasteiger partial charge in [-0.15, -0.1) is 0 Å². The second-order valence-corrected chi connectivity index (χ2v) is 7.99. The first-order valence-electron chi connectivity index (χ1n) is 10.6. The molecular formula is C22H27N5O2. The molecule has 0 bridgehead atoms. The number of amides is 1. The van der Waals surface area contributed by atoms with E-state index in [4.69, 9.17) is 9.72 Å². The smallest absolute Gasteiger partial charge is 0.270 e. The van der Waals surface area contributed by atoms with Crippen molar-refractivity contribution in [1.29, 1.82) is 0 Å². The summed E-state index contributed by atoms with van der Waals surface area (Å²) in [7, 11) is 0. The molecule has 2 aromatic rings. The summed E-state index contributed by atoms with van der Waals surface area (Å²) in [6, 6.07) is 10.9. The Morgan fingerprint density at radius 1 is 1.07 bits per heavy atom. The number of nitrogens with one attached hydrogen (secondary N) is 1. The number of ether oxygens (including phenoxy) is 1. The Balaban J connectivity index is 1.35. The van der Waals surface area contributed by atoms with Crippen LogP contribution >= 0.6 is 0 Å². The van der Waals surface area contributed by atoms with Gasteiger partial charge in [0, 0.05) is 50.7 Å². The van der Waals surface area contributed by atoms with E-state index < -0.39 is 0 Å². The molecule has 0 unspecified atom stereocenters. The minimum Gasteiger partial charge on any atom is -0.379 e. The topological polar surface area (TPSA) is 70.6 Å². The Labute approximate surface area is 171 Å². The molecule has 1 N–H and O–H groups in total. The molecule has 0 atom stereocenters. The minimum atomic E-state index is -0.0684. The second-order valence-electron chi connectivity index (χ2n) is 7.99.